The van der Waals surface area contributed by atoms with Crippen molar-refractivity contribution in [3.05, 3.63) is 122 Å². The fraction of sp³-hybridized carbons (Fsp3) is 0.458. The van der Waals surface area contributed by atoms with Crippen LogP contribution in [-0.4, -0.2) is 43.5 Å². The van der Waals surface area contributed by atoms with Gasteiger partial charge in [0.05, 0.1) is 36.3 Å². The molecule has 12 heteroatoms. The van der Waals surface area contributed by atoms with Gasteiger partial charge in [0.2, 0.25) is 0 Å². The maximum absolute atomic E-state index is 15.0. The van der Waals surface area contributed by atoms with Crippen LogP contribution in [0.15, 0.2) is 77.3 Å². The molecule has 4 aliphatic carbocycles. The highest BCUT2D eigenvalue weighted by atomic mass is 79.9. The first-order chi connectivity index (χ1) is 28.7. The minimum atomic E-state index is -0.525. The second-order valence-electron chi connectivity index (χ2n) is 17.4. The molecule has 1 heterocycles. The zero-order valence-electron chi connectivity index (χ0n) is 35.0. The molecule has 9 rings (SSSR count). The molecular weight excluding hydrogens is 833 g/mol. The molecule has 8 nitrogen and oxygen atoms in total. The summed E-state index contributed by atoms with van der Waals surface area (Å²) >= 11 is 3.50. The van der Waals surface area contributed by atoms with E-state index in [-0.39, 0.29) is 59.5 Å². The molecule has 0 bridgehead atoms. The average molecular weight is 886 g/mol. The number of carbonyl (C=O) groups is 2. The van der Waals surface area contributed by atoms with Crippen molar-refractivity contribution < 1.29 is 46.6 Å². The predicted octanol–water partition coefficient (Wildman–Crippen LogP) is 10.2. The van der Waals surface area contributed by atoms with Gasteiger partial charge in [-0.3, -0.25) is 9.59 Å². The second-order valence-corrected chi connectivity index (χ2v) is 18.2. The molecular formula is C48H52BBrF2O8. The fourth-order valence-corrected chi connectivity index (χ4v) is 9.36. The molecule has 5 aliphatic rings. The third-order valence-corrected chi connectivity index (χ3v) is 13.7. The molecule has 316 valence electrons. The van der Waals surface area contributed by atoms with Gasteiger partial charge in [0.15, 0.2) is 0 Å². The quantitative estimate of drug-likeness (QED) is 0.109. The van der Waals surface area contributed by atoms with Gasteiger partial charge in [-0.05, 0) is 162 Å². The van der Waals surface area contributed by atoms with E-state index in [4.69, 9.17) is 28.3 Å². The Labute approximate surface area is 359 Å². The summed E-state index contributed by atoms with van der Waals surface area (Å²) in [7, 11) is -0.525. The Morgan fingerprint density at radius 1 is 0.667 bits per heavy atom. The van der Waals surface area contributed by atoms with E-state index in [9.17, 15) is 18.4 Å². The Morgan fingerprint density at radius 2 is 1.10 bits per heavy atom. The molecule has 1 saturated heterocycles. The third-order valence-electron chi connectivity index (χ3n) is 13.0. The Morgan fingerprint density at radius 3 is 1.57 bits per heavy atom. The lowest BCUT2D eigenvalue weighted by atomic mass is 9.75. The van der Waals surface area contributed by atoms with Crippen LogP contribution in [0, 0.1) is 23.5 Å². The molecule has 1 aliphatic heterocycles. The highest BCUT2D eigenvalue weighted by Crippen LogP contribution is 2.50. The first kappa shape index (κ1) is 42.4. The number of esters is 2. The molecule has 0 amide bonds. The van der Waals surface area contributed by atoms with E-state index in [1.165, 1.54) is 12.1 Å². The predicted molar refractivity (Wildman–Crippen MR) is 227 cm³/mol. The first-order valence-corrected chi connectivity index (χ1v) is 22.0. The minimum absolute atomic E-state index is 0.0186. The van der Waals surface area contributed by atoms with Crippen LogP contribution in [-0.2, 0) is 41.2 Å². The lowest BCUT2D eigenvalue weighted by molar-refractivity contribution is -0.145. The molecule has 2 saturated carbocycles. The van der Waals surface area contributed by atoms with Crippen LogP contribution >= 0.6 is 15.9 Å². The number of rotatable bonds is 11. The zero-order valence-corrected chi connectivity index (χ0v) is 36.6. The molecule has 0 aromatic heterocycles. The topological polar surface area (TPSA) is 89.5 Å². The summed E-state index contributed by atoms with van der Waals surface area (Å²) < 4.78 is 65.1. The van der Waals surface area contributed by atoms with E-state index in [2.05, 4.69) is 15.9 Å². The summed E-state index contributed by atoms with van der Waals surface area (Å²) in [6, 6.07) is 22.1. The van der Waals surface area contributed by atoms with E-state index < -0.39 is 18.3 Å². The van der Waals surface area contributed by atoms with Crippen molar-refractivity contribution >= 4 is 40.4 Å². The van der Waals surface area contributed by atoms with Crippen LogP contribution in [0.4, 0.5) is 8.78 Å². The van der Waals surface area contributed by atoms with Crippen molar-refractivity contribution in [2.75, 3.05) is 13.2 Å². The molecule has 4 aromatic rings. The summed E-state index contributed by atoms with van der Waals surface area (Å²) in [4.78, 5) is 23.7. The SMILES string of the molecule is CCOC(=O)[C@@H]1C[C@H]1c1ccc(O[C@@H]2CCc3c(B4OC(C)(C)C(C)(C)O4)ccc(F)c32)cc1.CCOC(=O)[C@@H]1C[C@H]1c1ccc(O[C@@H]2CCc3c(Br)ccc(F)c32)cc1. The molecule has 3 fully saturated rings. The number of ether oxygens (including phenoxy) is 4. The van der Waals surface area contributed by atoms with Crippen molar-refractivity contribution in [2.45, 2.75) is 115 Å². The number of hydrogen-bond donors (Lipinski definition) is 0. The standard InChI is InChI=1S/C27H32BFO5.C21H20BrFO3/c1-6-31-25(30)20-15-19(20)16-7-9-17(10-8-16)32-23-14-11-18-21(12-13-22(29)24(18)23)28-33-26(2,3)27(4,5)34-28;1-2-25-21(24)16-11-15(16)12-3-5-13(6-4-12)26-19-10-7-14-17(22)8-9-18(23)20(14)19/h7-10,12-13,19-20,23H,6,11,14-15H2,1-5H3;3-6,8-9,15-16,19H,2,7,10-11H2,1H3/t19-,20+,23+;15-,16+,19+/m00/s1. The average Bonchev–Trinajstić information content (AvgIpc) is 4.09. The summed E-state index contributed by atoms with van der Waals surface area (Å²) in [5, 5.41) is 0. The van der Waals surface area contributed by atoms with E-state index in [1.54, 1.807) is 12.1 Å². The molecule has 6 atom stereocenters. The van der Waals surface area contributed by atoms with Crippen molar-refractivity contribution in [3.8, 4) is 11.5 Å². The number of carbonyl (C=O) groups excluding carboxylic acids is 2. The molecule has 4 aromatic carbocycles. The first-order valence-electron chi connectivity index (χ1n) is 21.2. The van der Waals surface area contributed by atoms with Crippen LogP contribution < -0.4 is 14.9 Å². The number of halogens is 3. The van der Waals surface area contributed by atoms with Gasteiger partial charge in [0.25, 0.3) is 0 Å². The van der Waals surface area contributed by atoms with E-state index in [0.717, 1.165) is 63.6 Å². The molecule has 0 radical (unpaired) electrons. The van der Waals surface area contributed by atoms with E-state index in [1.807, 2.05) is 90.1 Å². The monoisotopic (exact) mass is 884 g/mol. The number of benzene rings is 4. The van der Waals surface area contributed by atoms with Gasteiger partial charge in [-0.1, -0.05) is 46.3 Å². The normalized spacial score (nSPS) is 25.1. The lowest BCUT2D eigenvalue weighted by Crippen LogP contribution is -2.41. The van der Waals surface area contributed by atoms with E-state index >= 15 is 0 Å². The Balaban J connectivity index is 0.000000172. The van der Waals surface area contributed by atoms with Crippen molar-refractivity contribution in [1.29, 1.82) is 0 Å². The van der Waals surface area contributed by atoms with Crippen LogP contribution in [0.3, 0.4) is 0 Å². The Kier molecular flexibility index (Phi) is 11.9. The maximum atomic E-state index is 15.0. The van der Waals surface area contributed by atoms with Gasteiger partial charge in [-0.15, -0.1) is 0 Å². The zero-order chi connectivity index (χ0) is 42.5. The minimum Gasteiger partial charge on any atom is -0.486 e. The molecule has 60 heavy (non-hydrogen) atoms. The van der Waals surface area contributed by atoms with Gasteiger partial charge < -0.3 is 28.3 Å². The van der Waals surface area contributed by atoms with Crippen LogP contribution in [0.5, 0.6) is 11.5 Å². The van der Waals surface area contributed by atoms with Gasteiger partial charge in [-0.2, -0.15) is 0 Å². The lowest BCUT2D eigenvalue weighted by Gasteiger charge is -2.32. The summed E-state index contributed by atoms with van der Waals surface area (Å²) in [6.07, 6.45) is 4.01. The van der Waals surface area contributed by atoms with Crippen molar-refractivity contribution in [3.63, 3.8) is 0 Å². The highest BCUT2D eigenvalue weighted by molar-refractivity contribution is 9.10. The summed E-state index contributed by atoms with van der Waals surface area (Å²) in [6.45, 7) is 12.5. The smallest absolute Gasteiger partial charge is 0.486 e. The van der Waals surface area contributed by atoms with Gasteiger partial charge >= 0.3 is 19.1 Å². The maximum Gasteiger partial charge on any atom is 0.495 e. The Bertz CT molecular complexity index is 2230. The van der Waals surface area contributed by atoms with Crippen LogP contribution in [0.25, 0.3) is 0 Å². The molecule has 0 N–H and O–H groups in total. The van der Waals surface area contributed by atoms with Gasteiger partial charge in [0.1, 0.15) is 35.3 Å². The largest absolute Gasteiger partial charge is 0.495 e. The third kappa shape index (κ3) is 8.49. The number of fused-ring (bicyclic) bond motifs is 2. The van der Waals surface area contributed by atoms with Crippen molar-refractivity contribution in [2.24, 2.45) is 11.8 Å². The van der Waals surface area contributed by atoms with Crippen molar-refractivity contribution in [1.82, 2.24) is 0 Å². The van der Waals surface area contributed by atoms with Crippen LogP contribution in [0.1, 0.15) is 125 Å². The highest BCUT2D eigenvalue weighted by Gasteiger charge is 2.53. The van der Waals surface area contributed by atoms with E-state index in [0.29, 0.717) is 42.9 Å². The molecule has 0 spiro atoms. The van der Waals surface area contributed by atoms with Crippen LogP contribution in [0.2, 0.25) is 0 Å². The molecule has 0 unspecified atom stereocenters. The number of hydrogen-bond acceptors (Lipinski definition) is 8. The Hall–Kier alpha value is -4.26. The van der Waals surface area contributed by atoms with Gasteiger partial charge in [0, 0.05) is 15.6 Å². The second kappa shape index (κ2) is 16.9. The van der Waals surface area contributed by atoms with Gasteiger partial charge in [-0.25, -0.2) is 8.78 Å². The summed E-state index contributed by atoms with van der Waals surface area (Å²) in [5.41, 5.74) is 5.38. The fourth-order valence-electron chi connectivity index (χ4n) is 8.82. The summed E-state index contributed by atoms with van der Waals surface area (Å²) in [5.74, 6) is 1.09.